The van der Waals surface area contributed by atoms with Crippen molar-refractivity contribution in [2.75, 3.05) is 0 Å². The van der Waals surface area contributed by atoms with Crippen LogP contribution in [0.2, 0.25) is 5.02 Å². The summed E-state index contributed by atoms with van der Waals surface area (Å²) in [7, 11) is 0. The number of hydrogen-bond donors (Lipinski definition) is 1. The molecule has 0 unspecified atom stereocenters. The van der Waals surface area contributed by atoms with E-state index in [0.29, 0.717) is 23.0 Å². The van der Waals surface area contributed by atoms with Gasteiger partial charge in [-0.05, 0) is 66.9 Å². The summed E-state index contributed by atoms with van der Waals surface area (Å²) in [5.41, 5.74) is 6.46. The van der Waals surface area contributed by atoms with E-state index in [-0.39, 0.29) is 0 Å². The summed E-state index contributed by atoms with van der Waals surface area (Å²) in [5.74, 6) is 1.30. The lowest BCUT2D eigenvalue weighted by atomic mass is 10.1. The van der Waals surface area contributed by atoms with Gasteiger partial charge in [-0.3, -0.25) is 0 Å². The summed E-state index contributed by atoms with van der Waals surface area (Å²) in [6.07, 6.45) is 1.81. The van der Waals surface area contributed by atoms with Crippen LogP contribution in [-0.4, -0.2) is 9.97 Å². The lowest BCUT2D eigenvalue weighted by molar-refractivity contribution is 0.306. The Kier molecular flexibility index (Phi) is 5.56. The zero-order chi connectivity index (χ0) is 21.1. The van der Waals surface area contributed by atoms with Gasteiger partial charge in [-0.1, -0.05) is 41.9 Å². The number of nitrogens with zero attached hydrogens (tertiary/aromatic N) is 2. The second-order valence-corrected chi connectivity index (χ2v) is 7.57. The Morgan fingerprint density at radius 2 is 1.83 bits per heavy atom. The molecule has 1 aromatic heterocycles. The van der Waals surface area contributed by atoms with E-state index in [9.17, 15) is 5.26 Å². The quantitative estimate of drug-likeness (QED) is 0.381. The molecule has 0 amide bonds. The lowest BCUT2D eigenvalue weighted by Crippen LogP contribution is -1.96. The Labute approximate surface area is 180 Å². The normalized spacial score (nSPS) is 11.5. The predicted octanol–water partition coefficient (Wildman–Crippen LogP) is 6.48. The van der Waals surface area contributed by atoms with Crippen LogP contribution in [0.25, 0.3) is 22.7 Å². The maximum Gasteiger partial charge on any atom is 0.149 e. The molecule has 0 spiro atoms. The number of imidazole rings is 1. The SMILES string of the molecule is Cc1cc2nc(C(C#N)=Cc3ccc(OCc4ccccc4Cl)cc3)[nH]c2cc1C. The Morgan fingerprint density at radius 1 is 1.10 bits per heavy atom. The van der Waals surface area contributed by atoms with Crippen molar-refractivity contribution in [3.8, 4) is 11.8 Å². The van der Waals surface area contributed by atoms with Crippen LogP contribution in [0, 0.1) is 25.2 Å². The molecular formula is C25H20ClN3O. The average molecular weight is 414 g/mol. The molecule has 0 aliphatic heterocycles. The number of aryl methyl sites for hydroxylation is 2. The molecule has 0 saturated carbocycles. The summed E-state index contributed by atoms with van der Waals surface area (Å²) < 4.78 is 5.82. The molecule has 3 aromatic carbocycles. The molecule has 1 N–H and O–H groups in total. The minimum Gasteiger partial charge on any atom is -0.489 e. The van der Waals surface area contributed by atoms with Gasteiger partial charge in [0.25, 0.3) is 0 Å². The van der Waals surface area contributed by atoms with E-state index in [4.69, 9.17) is 16.3 Å². The highest BCUT2D eigenvalue weighted by molar-refractivity contribution is 6.31. The van der Waals surface area contributed by atoms with Gasteiger partial charge in [0.05, 0.1) is 16.6 Å². The summed E-state index contributed by atoms with van der Waals surface area (Å²) in [4.78, 5) is 7.84. The van der Waals surface area contributed by atoms with Crippen LogP contribution in [0.1, 0.15) is 28.1 Å². The molecule has 0 bridgehead atoms. The Morgan fingerprint density at radius 3 is 2.57 bits per heavy atom. The van der Waals surface area contributed by atoms with E-state index >= 15 is 0 Å². The summed E-state index contributed by atoms with van der Waals surface area (Å²) in [6.45, 7) is 4.52. The second kappa shape index (κ2) is 8.44. The van der Waals surface area contributed by atoms with Crippen molar-refractivity contribution >= 4 is 34.3 Å². The molecule has 30 heavy (non-hydrogen) atoms. The van der Waals surface area contributed by atoms with E-state index < -0.39 is 0 Å². The van der Waals surface area contributed by atoms with E-state index in [1.807, 2.05) is 60.7 Å². The number of hydrogen-bond acceptors (Lipinski definition) is 3. The first-order valence-corrected chi connectivity index (χ1v) is 9.96. The number of benzene rings is 3. The Bertz CT molecular complexity index is 1240. The van der Waals surface area contributed by atoms with Crippen LogP contribution in [0.15, 0.2) is 60.7 Å². The number of halogens is 1. The van der Waals surface area contributed by atoms with Crippen LogP contribution in [0.3, 0.4) is 0 Å². The fourth-order valence-electron chi connectivity index (χ4n) is 3.15. The van der Waals surface area contributed by atoms with Crippen molar-refractivity contribution in [2.45, 2.75) is 20.5 Å². The van der Waals surface area contributed by atoms with Crippen molar-refractivity contribution in [1.29, 1.82) is 5.26 Å². The fraction of sp³-hybridized carbons (Fsp3) is 0.120. The van der Waals surface area contributed by atoms with Crippen LogP contribution in [0.5, 0.6) is 5.75 Å². The predicted molar refractivity (Wildman–Crippen MR) is 121 cm³/mol. The molecule has 0 aliphatic carbocycles. The van der Waals surface area contributed by atoms with E-state index in [1.165, 1.54) is 11.1 Å². The van der Waals surface area contributed by atoms with Crippen LogP contribution in [-0.2, 0) is 6.61 Å². The zero-order valence-electron chi connectivity index (χ0n) is 16.7. The summed E-state index contributed by atoms with van der Waals surface area (Å²) in [5, 5.41) is 10.3. The molecule has 5 heteroatoms. The summed E-state index contributed by atoms with van der Waals surface area (Å²) in [6, 6.07) is 21.5. The van der Waals surface area contributed by atoms with Crippen molar-refractivity contribution in [2.24, 2.45) is 0 Å². The fourth-order valence-corrected chi connectivity index (χ4v) is 3.34. The molecule has 0 aliphatic rings. The molecular weight excluding hydrogens is 394 g/mol. The third-order valence-electron chi connectivity index (χ3n) is 5.02. The summed E-state index contributed by atoms with van der Waals surface area (Å²) >= 11 is 6.17. The Hall–Kier alpha value is -3.55. The smallest absolute Gasteiger partial charge is 0.149 e. The highest BCUT2D eigenvalue weighted by Crippen LogP contribution is 2.23. The van der Waals surface area contributed by atoms with Crippen molar-refractivity contribution in [3.63, 3.8) is 0 Å². The largest absolute Gasteiger partial charge is 0.489 e. The molecule has 1 heterocycles. The first-order chi connectivity index (χ1) is 14.5. The van der Waals surface area contributed by atoms with Gasteiger partial charge in [0.1, 0.15) is 24.3 Å². The number of ether oxygens (including phenoxy) is 1. The molecule has 0 fully saturated rings. The first kappa shape index (κ1) is 19.8. The van der Waals surface area contributed by atoms with Crippen molar-refractivity contribution in [3.05, 3.63) is 93.8 Å². The number of H-pyrrole nitrogens is 1. The van der Waals surface area contributed by atoms with Crippen LogP contribution in [0.4, 0.5) is 0 Å². The zero-order valence-corrected chi connectivity index (χ0v) is 17.5. The van der Waals surface area contributed by atoms with E-state index in [1.54, 1.807) is 0 Å². The molecule has 0 radical (unpaired) electrons. The van der Waals surface area contributed by atoms with Gasteiger partial charge in [0.15, 0.2) is 0 Å². The maximum atomic E-state index is 9.65. The average Bonchev–Trinajstić information content (AvgIpc) is 3.15. The first-order valence-electron chi connectivity index (χ1n) is 9.59. The van der Waals surface area contributed by atoms with E-state index in [0.717, 1.165) is 27.9 Å². The van der Waals surface area contributed by atoms with Gasteiger partial charge in [-0.15, -0.1) is 0 Å². The maximum absolute atomic E-state index is 9.65. The number of nitriles is 1. The standard InChI is InChI=1S/C25H20ClN3O/c1-16-11-23-24(12-17(16)2)29-25(28-23)20(14-27)13-18-7-9-21(10-8-18)30-15-19-5-3-4-6-22(19)26/h3-13H,15H2,1-2H3,(H,28,29). The highest BCUT2D eigenvalue weighted by Gasteiger charge is 2.09. The van der Waals surface area contributed by atoms with E-state index in [2.05, 4.69) is 36.0 Å². The minimum atomic E-state index is 0.399. The third-order valence-corrected chi connectivity index (χ3v) is 5.38. The van der Waals surface area contributed by atoms with Crippen molar-refractivity contribution < 1.29 is 4.74 Å². The molecule has 4 aromatic rings. The number of nitrogens with one attached hydrogen (secondary N) is 1. The molecule has 4 rings (SSSR count). The second-order valence-electron chi connectivity index (χ2n) is 7.16. The third kappa shape index (κ3) is 4.22. The van der Waals surface area contributed by atoms with Crippen LogP contribution < -0.4 is 4.74 Å². The monoisotopic (exact) mass is 413 g/mol. The molecule has 0 atom stereocenters. The van der Waals surface area contributed by atoms with Crippen molar-refractivity contribution in [1.82, 2.24) is 9.97 Å². The minimum absolute atomic E-state index is 0.399. The number of fused-ring (bicyclic) bond motifs is 1. The Balaban J connectivity index is 1.53. The van der Waals surface area contributed by atoms with Gasteiger partial charge in [-0.2, -0.15) is 5.26 Å². The van der Waals surface area contributed by atoms with Gasteiger partial charge in [-0.25, -0.2) is 4.98 Å². The van der Waals surface area contributed by atoms with Gasteiger partial charge in [0.2, 0.25) is 0 Å². The highest BCUT2D eigenvalue weighted by atomic mass is 35.5. The van der Waals surface area contributed by atoms with Gasteiger partial charge in [0, 0.05) is 10.6 Å². The molecule has 148 valence electrons. The lowest BCUT2D eigenvalue weighted by Gasteiger charge is -2.08. The van der Waals surface area contributed by atoms with Gasteiger partial charge < -0.3 is 9.72 Å². The molecule has 0 saturated heterocycles. The molecule has 4 nitrogen and oxygen atoms in total. The topological polar surface area (TPSA) is 61.7 Å². The number of aromatic amines is 1. The number of rotatable bonds is 5. The van der Waals surface area contributed by atoms with Gasteiger partial charge >= 0.3 is 0 Å². The number of aromatic nitrogens is 2. The number of allylic oxidation sites excluding steroid dienone is 1. The van der Waals surface area contributed by atoms with Crippen LogP contribution >= 0.6 is 11.6 Å².